The van der Waals surface area contributed by atoms with E-state index in [-0.39, 0.29) is 5.91 Å². The van der Waals surface area contributed by atoms with Gasteiger partial charge in [-0.3, -0.25) is 4.79 Å². The van der Waals surface area contributed by atoms with Gasteiger partial charge < -0.3 is 10.6 Å². The highest BCUT2D eigenvalue weighted by molar-refractivity contribution is 5.92. The molecule has 0 aliphatic carbocycles. The maximum absolute atomic E-state index is 12.4. The van der Waals surface area contributed by atoms with Gasteiger partial charge in [-0.1, -0.05) is 19.1 Å². The minimum atomic E-state index is 0.0719. The van der Waals surface area contributed by atoms with Crippen molar-refractivity contribution in [2.24, 2.45) is 11.8 Å². The second kappa shape index (κ2) is 7.42. The first-order chi connectivity index (χ1) is 11.2. The summed E-state index contributed by atoms with van der Waals surface area (Å²) in [5.41, 5.74) is 1.69. The van der Waals surface area contributed by atoms with Crippen LogP contribution >= 0.6 is 0 Å². The van der Waals surface area contributed by atoms with Crippen LogP contribution in [0.25, 0.3) is 5.69 Å². The summed E-state index contributed by atoms with van der Waals surface area (Å²) in [6, 6.07) is 9.62. The van der Waals surface area contributed by atoms with Crippen molar-refractivity contribution in [3.63, 3.8) is 0 Å². The number of anilines is 1. The standard InChI is InChI=1S/C18H24N4O/c1-14(15-6-4-9-19-13-15)12-18(23)21-16-7-2-3-8-17(16)22-11-5-10-20-22/h2-3,5,7-8,10-11,14-15,19H,4,6,9,12-13H2,1H3,(H,21,23). The molecule has 1 fully saturated rings. The van der Waals surface area contributed by atoms with E-state index >= 15 is 0 Å². The first-order valence-electron chi connectivity index (χ1n) is 8.33. The quantitative estimate of drug-likeness (QED) is 0.892. The zero-order valence-electron chi connectivity index (χ0n) is 13.5. The van der Waals surface area contributed by atoms with E-state index in [9.17, 15) is 4.79 Å². The number of aromatic nitrogens is 2. The Morgan fingerprint density at radius 1 is 1.43 bits per heavy atom. The number of nitrogens with zero attached hydrogens (tertiary/aromatic N) is 2. The number of piperidine rings is 1. The molecule has 2 N–H and O–H groups in total. The Morgan fingerprint density at radius 3 is 3.04 bits per heavy atom. The first-order valence-corrected chi connectivity index (χ1v) is 8.33. The monoisotopic (exact) mass is 312 g/mol. The average Bonchev–Trinajstić information content (AvgIpc) is 3.10. The fourth-order valence-electron chi connectivity index (χ4n) is 3.22. The molecule has 1 aromatic carbocycles. The lowest BCUT2D eigenvalue weighted by Crippen LogP contribution is -2.34. The van der Waals surface area contributed by atoms with Gasteiger partial charge in [-0.2, -0.15) is 5.10 Å². The normalized spacial score (nSPS) is 19.3. The Bertz CT molecular complexity index is 632. The molecule has 0 bridgehead atoms. The molecule has 1 saturated heterocycles. The van der Waals surface area contributed by atoms with Crippen LogP contribution in [0.3, 0.4) is 0 Å². The second-order valence-electron chi connectivity index (χ2n) is 6.30. The maximum Gasteiger partial charge on any atom is 0.224 e. The highest BCUT2D eigenvalue weighted by atomic mass is 16.1. The van der Waals surface area contributed by atoms with E-state index in [0.717, 1.165) is 24.5 Å². The minimum Gasteiger partial charge on any atom is -0.324 e. The molecular weight excluding hydrogens is 288 g/mol. The summed E-state index contributed by atoms with van der Waals surface area (Å²) in [4.78, 5) is 12.4. The number of hydrogen-bond donors (Lipinski definition) is 2. The third-order valence-electron chi connectivity index (χ3n) is 4.58. The molecular formula is C18H24N4O. The van der Waals surface area contributed by atoms with Gasteiger partial charge in [-0.15, -0.1) is 0 Å². The smallest absolute Gasteiger partial charge is 0.224 e. The molecule has 0 spiro atoms. The summed E-state index contributed by atoms with van der Waals surface area (Å²) >= 11 is 0. The number of para-hydroxylation sites is 2. The maximum atomic E-state index is 12.4. The fraction of sp³-hybridized carbons (Fsp3) is 0.444. The number of carbonyl (C=O) groups is 1. The molecule has 122 valence electrons. The number of benzene rings is 1. The van der Waals surface area contributed by atoms with Gasteiger partial charge in [0.25, 0.3) is 0 Å². The van der Waals surface area contributed by atoms with Crippen LogP contribution in [-0.2, 0) is 4.79 Å². The lowest BCUT2D eigenvalue weighted by Gasteiger charge is -2.28. The predicted octanol–water partition coefficient (Wildman–Crippen LogP) is 2.84. The summed E-state index contributed by atoms with van der Waals surface area (Å²) in [7, 11) is 0. The van der Waals surface area contributed by atoms with Gasteiger partial charge in [0.2, 0.25) is 5.91 Å². The highest BCUT2D eigenvalue weighted by Gasteiger charge is 2.22. The molecule has 5 nitrogen and oxygen atoms in total. The van der Waals surface area contributed by atoms with Gasteiger partial charge in [0, 0.05) is 18.8 Å². The van der Waals surface area contributed by atoms with E-state index in [2.05, 4.69) is 22.7 Å². The topological polar surface area (TPSA) is 59.0 Å². The van der Waals surface area contributed by atoms with Crippen molar-refractivity contribution in [3.8, 4) is 5.69 Å². The van der Waals surface area contributed by atoms with E-state index in [1.165, 1.54) is 12.8 Å². The molecule has 23 heavy (non-hydrogen) atoms. The van der Waals surface area contributed by atoms with Crippen molar-refractivity contribution >= 4 is 11.6 Å². The van der Waals surface area contributed by atoms with Gasteiger partial charge >= 0.3 is 0 Å². The van der Waals surface area contributed by atoms with Crippen LogP contribution in [0, 0.1) is 11.8 Å². The van der Waals surface area contributed by atoms with E-state index < -0.39 is 0 Å². The van der Waals surface area contributed by atoms with Gasteiger partial charge in [-0.25, -0.2) is 4.68 Å². The zero-order chi connectivity index (χ0) is 16.1. The van der Waals surface area contributed by atoms with Crippen molar-refractivity contribution in [3.05, 3.63) is 42.7 Å². The van der Waals surface area contributed by atoms with Crippen LogP contribution in [0.5, 0.6) is 0 Å². The predicted molar refractivity (Wildman–Crippen MR) is 91.6 cm³/mol. The molecule has 2 aromatic rings. The largest absolute Gasteiger partial charge is 0.324 e. The number of carbonyl (C=O) groups excluding carboxylic acids is 1. The molecule has 1 aromatic heterocycles. The summed E-state index contributed by atoms with van der Waals surface area (Å²) in [6.07, 6.45) is 6.59. The number of hydrogen-bond acceptors (Lipinski definition) is 3. The van der Waals surface area contributed by atoms with Crippen LogP contribution in [0.15, 0.2) is 42.7 Å². The summed E-state index contributed by atoms with van der Waals surface area (Å²) in [5.74, 6) is 1.05. The molecule has 1 aliphatic rings. The number of nitrogens with one attached hydrogen (secondary N) is 2. The third kappa shape index (κ3) is 3.99. The van der Waals surface area contributed by atoms with Gasteiger partial charge in [0.1, 0.15) is 0 Å². The van der Waals surface area contributed by atoms with Crippen molar-refractivity contribution in [2.75, 3.05) is 18.4 Å². The Hall–Kier alpha value is -2.14. The summed E-state index contributed by atoms with van der Waals surface area (Å²) < 4.78 is 1.77. The van der Waals surface area contributed by atoms with Crippen LogP contribution in [0.1, 0.15) is 26.2 Å². The van der Waals surface area contributed by atoms with Gasteiger partial charge in [0.05, 0.1) is 11.4 Å². The highest BCUT2D eigenvalue weighted by Crippen LogP contribution is 2.24. The summed E-state index contributed by atoms with van der Waals surface area (Å²) in [6.45, 7) is 4.31. The second-order valence-corrected chi connectivity index (χ2v) is 6.30. The van der Waals surface area contributed by atoms with E-state index in [1.54, 1.807) is 10.9 Å². The Morgan fingerprint density at radius 2 is 2.30 bits per heavy atom. The SMILES string of the molecule is CC(CC(=O)Nc1ccccc1-n1cccn1)C1CCCNC1. The van der Waals surface area contributed by atoms with Crippen LogP contribution in [0.4, 0.5) is 5.69 Å². The van der Waals surface area contributed by atoms with Crippen molar-refractivity contribution in [2.45, 2.75) is 26.2 Å². The van der Waals surface area contributed by atoms with E-state index in [1.807, 2.05) is 36.5 Å². The van der Waals surface area contributed by atoms with Crippen molar-refractivity contribution in [1.82, 2.24) is 15.1 Å². The zero-order valence-corrected chi connectivity index (χ0v) is 13.5. The minimum absolute atomic E-state index is 0.0719. The molecule has 2 heterocycles. The van der Waals surface area contributed by atoms with Crippen molar-refractivity contribution < 1.29 is 4.79 Å². The third-order valence-corrected chi connectivity index (χ3v) is 4.58. The Kier molecular flexibility index (Phi) is 5.08. The lowest BCUT2D eigenvalue weighted by molar-refractivity contribution is -0.117. The van der Waals surface area contributed by atoms with E-state index in [0.29, 0.717) is 18.3 Å². The van der Waals surface area contributed by atoms with E-state index in [4.69, 9.17) is 0 Å². The number of rotatable bonds is 5. The molecule has 0 radical (unpaired) electrons. The Balaban J connectivity index is 1.64. The average molecular weight is 312 g/mol. The molecule has 1 aliphatic heterocycles. The Labute approximate surface area is 137 Å². The molecule has 5 heteroatoms. The van der Waals surface area contributed by atoms with Crippen LogP contribution in [0.2, 0.25) is 0 Å². The lowest BCUT2D eigenvalue weighted by atomic mass is 9.85. The molecule has 1 amide bonds. The first kappa shape index (κ1) is 15.7. The van der Waals surface area contributed by atoms with Crippen LogP contribution < -0.4 is 10.6 Å². The van der Waals surface area contributed by atoms with Gasteiger partial charge in [0.15, 0.2) is 0 Å². The molecule has 2 atom stereocenters. The fourth-order valence-corrected chi connectivity index (χ4v) is 3.22. The summed E-state index contributed by atoms with van der Waals surface area (Å²) in [5, 5.41) is 10.7. The molecule has 3 rings (SSSR count). The molecule has 2 unspecified atom stereocenters. The van der Waals surface area contributed by atoms with Crippen molar-refractivity contribution in [1.29, 1.82) is 0 Å². The van der Waals surface area contributed by atoms with Gasteiger partial charge in [-0.05, 0) is 56.0 Å². The molecule has 0 saturated carbocycles. The van der Waals surface area contributed by atoms with Crippen LogP contribution in [-0.4, -0.2) is 28.8 Å². The number of amides is 1.